The molecule has 32 heavy (non-hydrogen) atoms. The fraction of sp³-hybridized carbons (Fsp3) is 0.391. The molecule has 1 fully saturated rings. The molecule has 1 saturated heterocycles. The van der Waals surface area contributed by atoms with Crippen molar-refractivity contribution in [2.75, 3.05) is 19.6 Å². The van der Waals surface area contributed by atoms with Crippen LogP contribution in [0.15, 0.2) is 56.6 Å². The summed E-state index contributed by atoms with van der Waals surface area (Å²) in [4.78, 5) is 24.4. The topological polar surface area (TPSA) is 102 Å². The number of amides is 1. The fourth-order valence-corrected chi connectivity index (χ4v) is 5.57. The van der Waals surface area contributed by atoms with Gasteiger partial charge >= 0.3 is 5.76 Å². The van der Waals surface area contributed by atoms with E-state index in [1.54, 1.807) is 13.1 Å². The lowest BCUT2D eigenvalue weighted by Crippen LogP contribution is -2.45. The highest BCUT2D eigenvalue weighted by molar-refractivity contribution is 7.89. The number of aryl methyl sites for hydroxylation is 2. The van der Waals surface area contributed by atoms with Crippen LogP contribution in [-0.4, -0.2) is 42.8 Å². The summed E-state index contributed by atoms with van der Waals surface area (Å²) in [6.45, 7) is 3.03. The predicted molar refractivity (Wildman–Crippen MR) is 121 cm³/mol. The lowest BCUT2D eigenvalue weighted by atomic mass is 9.98. The van der Waals surface area contributed by atoms with E-state index in [4.69, 9.17) is 4.42 Å². The maximum absolute atomic E-state index is 13.2. The lowest BCUT2D eigenvalue weighted by molar-refractivity contribution is -0.126. The Bertz CT molecular complexity index is 1290. The Balaban J connectivity index is 1.41. The second kappa shape index (κ2) is 8.91. The Kier molecular flexibility index (Phi) is 6.21. The molecule has 1 aromatic heterocycles. The molecule has 1 aliphatic heterocycles. The van der Waals surface area contributed by atoms with E-state index in [2.05, 4.69) is 5.32 Å². The molecular weight excluding hydrogens is 430 g/mol. The number of benzene rings is 2. The molecule has 2 aromatic carbocycles. The molecule has 3 aromatic rings. The smallest absolute Gasteiger partial charge is 0.408 e. The van der Waals surface area contributed by atoms with Crippen LogP contribution in [0.2, 0.25) is 0 Å². The average molecular weight is 458 g/mol. The van der Waals surface area contributed by atoms with Crippen LogP contribution in [-0.2, 0) is 28.3 Å². The van der Waals surface area contributed by atoms with Gasteiger partial charge in [-0.1, -0.05) is 29.8 Å². The van der Waals surface area contributed by atoms with Crippen LogP contribution in [0, 0.1) is 12.8 Å². The highest BCUT2D eigenvalue weighted by Gasteiger charge is 2.33. The zero-order valence-electron chi connectivity index (χ0n) is 18.2. The number of hydrogen-bond donors (Lipinski definition) is 1. The largest absolute Gasteiger partial charge is 0.419 e. The van der Waals surface area contributed by atoms with Gasteiger partial charge in [0.15, 0.2) is 5.58 Å². The number of rotatable bonds is 6. The van der Waals surface area contributed by atoms with E-state index in [-0.39, 0.29) is 22.9 Å². The van der Waals surface area contributed by atoms with Crippen molar-refractivity contribution in [3.63, 3.8) is 0 Å². The summed E-state index contributed by atoms with van der Waals surface area (Å²) in [5.41, 5.74) is 3.08. The van der Waals surface area contributed by atoms with Crippen LogP contribution in [0.1, 0.15) is 24.0 Å². The number of nitrogens with zero attached hydrogens (tertiary/aromatic N) is 2. The number of sulfonamides is 1. The van der Waals surface area contributed by atoms with Crippen LogP contribution in [0.3, 0.4) is 0 Å². The highest BCUT2D eigenvalue weighted by atomic mass is 32.2. The Morgan fingerprint density at radius 3 is 2.69 bits per heavy atom. The summed E-state index contributed by atoms with van der Waals surface area (Å²) in [5, 5.41) is 2.95. The molecule has 1 aliphatic rings. The molecule has 1 N–H and O–H groups in total. The van der Waals surface area contributed by atoms with E-state index >= 15 is 0 Å². The molecule has 0 radical (unpaired) electrons. The van der Waals surface area contributed by atoms with Crippen molar-refractivity contribution < 1.29 is 17.6 Å². The molecule has 0 aliphatic carbocycles. The molecule has 0 spiro atoms. The summed E-state index contributed by atoms with van der Waals surface area (Å²) >= 11 is 0. The van der Waals surface area contributed by atoms with Gasteiger partial charge in [-0.3, -0.25) is 9.36 Å². The number of nitrogens with one attached hydrogen (secondary N) is 1. The normalized spacial score (nSPS) is 17.5. The van der Waals surface area contributed by atoms with Crippen LogP contribution in [0.5, 0.6) is 0 Å². The monoisotopic (exact) mass is 457 g/mol. The second-order valence-corrected chi connectivity index (χ2v) is 10.2. The van der Waals surface area contributed by atoms with Crippen LogP contribution in [0.4, 0.5) is 0 Å². The van der Waals surface area contributed by atoms with Gasteiger partial charge in [-0.25, -0.2) is 13.2 Å². The van der Waals surface area contributed by atoms with Crippen LogP contribution >= 0.6 is 0 Å². The summed E-state index contributed by atoms with van der Waals surface area (Å²) in [7, 11) is -2.24. The predicted octanol–water partition coefficient (Wildman–Crippen LogP) is 2.20. The third-order valence-corrected chi connectivity index (χ3v) is 7.85. The molecule has 2 heterocycles. The minimum Gasteiger partial charge on any atom is -0.408 e. The van der Waals surface area contributed by atoms with Gasteiger partial charge in [0, 0.05) is 32.7 Å². The number of carbonyl (C=O) groups is 1. The first-order valence-electron chi connectivity index (χ1n) is 10.7. The third kappa shape index (κ3) is 4.49. The third-order valence-electron chi connectivity index (χ3n) is 5.99. The Morgan fingerprint density at radius 1 is 1.19 bits per heavy atom. The number of oxazole rings is 1. The summed E-state index contributed by atoms with van der Waals surface area (Å²) in [5.74, 6) is -1.06. The van der Waals surface area contributed by atoms with E-state index in [1.165, 1.54) is 26.6 Å². The number of piperidine rings is 1. The Hall–Kier alpha value is -2.91. The number of hydrogen-bond acceptors (Lipinski definition) is 5. The minimum absolute atomic E-state index is 0.0554. The molecular formula is C23H27N3O5S. The standard InChI is InChI=1S/C23H27N3O5S/c1-16-5-7-17(8-6-16)11-12-24-22(27)18-4-3-13-26(15-18)32(29,30)19-9-10-20-21(14-19)31-23(28)25(20)2/h5-10,14,18H,3-4,11-13,15H2,1-2H3,(H,24,27)/t18-/m1/s1. The van der Waals surface area contributed by atoms with E-state index in [9.17, 15) is 18.0 Å². The molecule has 170 valence electrons. The molecule has 8 nitrogen and oxygen atoms in total. The van der Waals surface area contributed by atoms with Gasteiger partial charge in [0.1, 0.15) is 0 Å². The maximum atomic E-state index is 13.2. The molecule has 1 atom stereocenters. The van der Waals surface area contributed by atoms with Crippen LogP contribution < -0.4 is 11.1 Å². The molecule has 0 bridgehead atoms. The second-order valence-electron chi connectivity index (χ2n) is 8.29. The average Bonchev–Trinajstić information content (AvgIpc) is 3.08. The minimum atomic E-state index is -3.81. The van der Waals surface area contributed by atoms with E-state index in [0.717, 1.165) is 12.0 Å². The zero-order valence-corrected chi connectivity index (χ0v) is 19.0. The Labute approximate surface area is 186 Å². The first-order chi connectivity index (χ1) is 15.3. The van der Waals surface area contributed by atoms with Gasteiger partial charge in [-0.15, -0.1) is 0 Å². The molecule has 9 heteroatoms. The molecule has 1 amide bonds. The van der Waals surface area contributed by atoms with Crippen molar-refractivity contribution in [2.24, 2.45) is 13.0 Å². The lowest BCUT2D eigenvalue weighted by Gasteiger charge is -2.31. The van der Waals surface area contributed by atoms with Gasteiger partial charge < -0.3 is 9.73 Å². The fourth-order valence-electron chi connectivity index (χ4n) is 4.03. The van der Waals surface area contributed by atoms with Gasteiger partial charge in [0.05, 0.1) is 16.3 Å². The summed E-state index contributed by atoms with van der Waals surface area (Å²) < 4.78 is 34.2. The SMILES string of the molecule is Cc1ccc(CCNC(=O)[C@@H]2CCCN(S(=O)(=O)c3ccc4c(c3)oc(=O)n4C)C2)cc1. The number of fused-ring (bicyclic) bond motifs is 1. The molecule has 0 unspecified atom stereocenters. The first kappa shape index (κ1) is 22.3. The van der Waals surface area contributed by atoms with Crippen LogP contribution in [0.25, 0.3) is 11.1 Å². The number of carbonyl (C=O) groups excluding carboxylic acids is 1. The van der Waals surface area contributed by atoms with E-state index in [0.29, 0.717) is 31.4 Å². The Morgan fingerprint density at radius 2 is 1.94 bits per heavy atom. The van der Waals surface area contributed by atoms with E-state index < -0.39 is 21.7 Å². The van der Waals surface area contributed by atoms with E-state index in [1.807, 2.05) is 31.2 Å². The summed E-state index contributed by atoms with van der Waals surface area (Å²) in [6.07, 6.45) is 1.98. The van der Waals surface area contributed by atoms with Crippen molar-refractivity contribution in [1.82, 2.24) is 14.2 Å². The summed E-state index contributed by atoms with van der Waals surface area (Å²) in [6, 6.07) is 12.6. The van der Waals surface area contributed by atoms with Crippen molar-refractivity contribution in [2.45, 2.75) is 31.1 Å². The molecule has 0 saturated carbocycles. The molecule has 4 rings (SSSR count). The maximum Gasteiger partial charge on any atom is 0.419 e. The van der Waals surface area contributed by atoms with Crippen molar-refractivity contribution in [1.29, 1.82) is 0 Å². The zero-order chi connectivity index (χ0) is 22.9. The first-order valence-corrected chi connectivity index (χ1v) is 12.1. The van der Waals surface area contributed by atoms with Gasteiger partial charge in [-0.05, 0) is 43.9 Å². The highest BCUT2D eigenvalue weighted by Crippen LogP contribution is 2.26. The van der Waals surface area contributed by atoms with Crippen molar-refractivity contribution in [3.05, 3.63) is 64.1 Å². The quantitative estimate of drug-likeness (QED) is 0.612. The van der Waals surface area contributed by atoms with Gasteiger partial charge in [0.2, 0.25) is 15.9 Å². The van der Waals surface area contributed by atoms with Gasteiger partial charge in [-0.2, -0.15) is 4.31 Å². The van der Waals surface area contributed by atoms with Crippen molar-refractivity contribution >= 4 is 27.0 Å². The van der Waals surface area contributed by atoms with Crippen molar-refractivity contribution in [3.8, 4) is 0 Å². The number of aromatic nitrogens is 1. The van der Waals surface area contributed by atoms with Gasteiger partial charge in [0.25, 0.3) is 0 Å².